The molecule has 1 fully saturated rings. The van der Waals surface area contributed by atoms with E-state index in [4.69, 9.17) is 19.9 Å². The first-order valence-corrected chi connectivity index (χ1v) is 11.7. The first-order chi connectivity index (χ1) is 16.0. The van der Waals surface area contributed by atoms with Gasteiger partial charge in [-0.05, 0) is 74.5 Å². The third-order valence-corrected chi connectivity index (χ3v) is 6.05. The Bertz CT molecular complexity index is 923. The molecule has 33 heavy (non-hydrogen) atoms. The van der Waals surface area contributed by atoms with Gasteiger partial charge in [-0.25, -0.2) is 4.79 Å². The molecular weight excluding hydrogens is 446 g/mol. The molecule has 3 amide bonds. The van der Waals surface area contributed by atoms with E-state index in [9.17, 15) is 9.59 Å². The highest BCUT2D eigenvalue weighted by Crippen LogP contribution is 2.31. The predicted molar refractivity (Wildman–Crippen MR) is 126 cm³/mol. The van der Waals surface area contributed by atoms with Gasteiger partial charge in [-0.2, -0.15) is 4.37 Å². The molecule has 10 nitrogen and oxygen atoms in total. The molecule has 1 aliphatic rings. The molecule has 2 aromatic rings. The summed E-state index contributed by atoms with van der Waals surface area (Å²) in [5, 5.41) is 5.70. The van der Waals surface area contributed by atoms with Crippen LogP contribution in [-0.4, -0.2) is 61.6 Å². The molecule has 0 bridgehead atoms. The Morgan fingerprint density at radius 1 is 1.12 bits per heavy atom. The lowest BCUT2D eigenvalue weighted by molar-refractivity contribution is 0.0996. The van der Waals surface area contributed by atoms with E-state index in [0.717, 1.165) is 36.5 Å². The summed E-state index contributed by atoms with van der Waals surface area (Å²) in [6.07, 6.45) is 4.46. The van der Waals surface area contributed by atoms with Gasteiger partial charge >= 0.3 is 6.03 Å². The van der Waals surface area contributed by atoms with Crippen LogP contribution in [0.5, 0.6) is 17.4 Å². The number of amides is 3. The lowest BCUT2D eigenvalue weighted by atomic mass is 10.2. The van der Waals surface area contributed by atoms with Gasteiger partial charge in [-0.3, -0.25) is 10.1 Å². The summed E-state index contributed by atoms with van der Waals surface area (Å²) < 4.78 is 20.4. The van der Waals surface area contributed by atoms with Crippen molar-refractivity contribution in [3.8, 4) is 17.4 Å². The van der Waals surface area contributed by atoms with Crippen molar-refractivity contribution in [3.05, 3.63) is 29.3 Å². The van der Waals surface area contributed by atoms with Crippen LogP contribution in [-0.2, 0) is 6.61 Å². The second-order valence-electron chi connectivity index (χ2n) is 7.70. The lowest BCUT2D eigenvalue weighted by Gasteiger charge is -2.14. The Labute approximate surface area is 197 Å². The number of carbonyl (C=O) groups excluding carboxylic acids is 2. The number of nitrogens with two attached hydrogens (primary N) is 1. The molecule has 1 aromatic heterocycles. The largest absolute Gasteiger partial charge is 0.497 e. The number of anilines is 1. The fourth-order valence-corrected chi connectivity index (χ4v) is 4.33. The molecule has 11 heteroatoms. The van der Waals surface area contributed by atoms with Gasteiger partial charge in [0.2, 0.25) is 5.88 Å². The summed E-state index contributed by atoms with van der Waals surface area (Å²) in [7, 11) is 3.11. The number of ether oxygens (including phenoxy) is 3. The standard InChI is InChI=1S/C22H31N5O5S/c1-30-16-11-15(12-17(13-16)31-2)14-32-20-18(19(23)28)21(33-26-20)25-22(29)24-7-3-4-8-27-9-5-6-10-27/h11-13H,3-10,14H2,1-2H3,(H2,23,28)(H2,24,25,29). The SMILES string of the molecule is COc1cc(COc2nsc(NC(=O)NCCCCN3CCCC3)c2C(N)=O)cc(OC)c1. The van der Waals surface area contributed by atoms with Crippen molar-refractivity contribution in [1.29, 1.82) is 0 Å². The van der Waals surface area contributed by atoms with Gasteiger partial charge in [-0.1, -0.05) is 0 Å². The van der Waals surface area contributed by atoms with E-state index in [1.165, 1.54) is 25.9 Å². The zero-order chi connectivity index (χ0) is 23.6. The zero-order valence-corrected chi connectivity index (χ0v) is 19.8. The van der Waals surface area contributed by atoms with E-state index in [0.29, 0.717) is 18.0 Å². The topological polar surface area (TPSA) is 128 Å². The molecule has 180 valence electrons. The van der Waals surface area contributed by atoms with Crippen molar-refractivity contribution in [2.45, 2.75) is 32.3 Å². The fourth-order valence-electron chi connectivity index (χ4n) is 3.59. The van der Waals surface area contributed by atoms with E-state index < -0.39 is 11.9 Å². The minimum Gasteiger partial charge on any atom is -0.497 e. The van der Waals surface area contributed by atoms with Crippen LogP contribution in [0, 0.1) is 0 Å². The summed E-state index contributed by atoms with van der Waals surface area (Å²) in [5.74, 6) is 0.555. The van der Waals surface area contributed by atoms with Crippen molar-refractivity contribution < 1.29 is 23.8 Å². The molecule has 1 saturated heterocycles. The number of aromatic nitrogens is 1. The molecule has 4 N–H and O–H groups in total. The number of primary amides is 1. The number of hydrogen-bond acceptors (Lipinski definition) is 8. The van der Waals surface area contributed by atoms with Gasteiger partial charge in [0.25, 0.3) is 5.91 Å². The smallest absolute Gasteiger partial charge is 0.319 e. The number of urea groups is 1. The van der Waals surface area contributed by atoms with Gasteiger partial charge in [-0.15, -0.1) is 0 Å². The minimum absolute atomic E-state index is 0.0408. The highest BCUT2D eigenvalue weighted by Gasteiger charge is 2.22. The minimum atomic E-state index is -0.733. The van der Waals surface area contributed by atoms with Crippen LogP contribution in [0.2, 0.25) is 0 Å². The average molecular weight is 478 g/mol. The molecule has 0 aliphatic carbocycles. The van der Waals surface area contributed by atoms with E-state index in [1.807, 2.05) is 0 Å². The number of hydrogen-bond donors (Lipinski definition) is 3. The zero-order valence-electron chi connectivity index (χ0n) is 19.0. The second-order valence-corrected chi connectivity index (χ2v) is 8.48. The Balaban J connectivity index is 1.52. The lowest BCUT2D eigenvalue weighted by Crippen LogP contribution is -2.30. The van der Waals surface area contributed by atoms with E-state index in [2.05, 4.69) is 19.9 Å². The molecule has 0 saturated carbocycles. The molecular formula is C22H31N5O5S. The van der Waals surface area contributed by atoms with Crippen molar-refractivity contribution >= 4 is 28.5 Å². The van der Waals surface area contributed by atoms with Crippen molar-refractivity contribution in [3.63, 3.8) is 0 Å². The molecule has 0 atom stereocenters. The normalized spacial score (nSPS) is 13.5. The van der Waals surface area contributed by atoms with Crippen molar-refractivity contribution in [1.82, 2.24) is 14.6 Å². The Morgan fingerprint density at radius 2 is 1.82 bits per heavy atom. The van der Waals surface area contributed by atoms with Crippen LogP contribution in [0.4, 0.5) is 9.80 Å². The monoisotopic (exact) mass is 477 g/mol. The molecule has 0 unspecified atom stereocenters. The number of methoxy groups -OCH3 is 2. The third kappa shape index (κ3) is 7.22. The van der Waals surface area contributed by atoms with Gasteiger partial charge in [0, 0.05) is 12.6 Å². The molecule has 0 spiro atoms. The molecule has 0 radical (unpaired) electrons. The van der Waals surface area contributed by atoms with Crippen molar-refractivity contribution in [2.24, 2.45) is 5.73 Å². The number of nitrogens with zero attached hydrogens (tertiary/aromatic N) is 2. The number of nitrogens with one attached hydrogen (secondary N) is 2. The number of unbranched alkanes of at least 4 members (excludes halogenated alkanes) is 1. The molecule has 3 rings (SSSR count). The highest BCUT2D eigenvalue weighted by molar-refractivity contribution is 7.11. The summed E-state index contributed by atoms with van der Waals surface area (Å²) in [6.45, 7) is 4.06. The summed E-state index contributed by atoms with van der Waals surface area (Å²) in [5.41, 5.74) is 6.33. The number of carbonyl (C=O) groups is 2. The van der Waals surface area contributed by atoms with Gasteiger partial charge in [0.15, 0.2) is 0 Å². The van der Waals surface area contributed by atoms with E-state index in [-0.39, 0.29) is 23.1 Å². The van der Waals surface area contributed by atoms with Crippen LogP contribution in [0.1, 0.15) is 41.6 Å². The predicted octanol–water partition coefficient (Wildman–Crippen LogP) is 2.84. The third-order valence-electron chi connectivity index (χ3n) is 5.31. The maximum absolute atomic E-state index is 12.3. The van der Waals surface area contributed by atoms with E-state index >= 15 is 0 Å². The first-order valence-electron chi connectivity index (χ1n) is 10.9. The maximum atomic E-state index is 12.3. The van der Waals surface area contributed by atoms with E-state index in [1.54, 1.807) is 32.4 Å². The van der Waals surface area contributed by atoms with Crippen molar-refractivity contribution in [2.75, 3.05) is 45.7 Å². The van der Waals surface area contributed by atoms with Gasteiger partial charge in [0.1, 0.15) is 28.7 Å². The Hall–Kier alpha value is -3.05. The molecule has 2 heterocycles. The summed E-state index contributed by atoms with van der Waals surface area (Å²) >= 11 is 0.940. The first kappa shape index (κ1) is 24.6. The fraction of sp³-hybridized carbons (Fsp3) is 0.500. The molecule has 1 aromatic carbocycles. The number of likely N-dealkylation sites (tertiary alicyclic amines) is 1. The Morgan fingerprint density at radius 3 is 2.45 bits per heavy atom. The summed E-state index contributed by atoms with van der Waals surface area (Å²) in [4.78, 5) is 26.7. The number of rotatable bonds is 12. The molecule has 1 aliphatic heterocycles. The Kier molecular flexibility index (Phi) is 9.14. The van der Waals surface area contributed by atoms with Gasteiger partial charge in [0.05, 0.1) is 14.2 Å². The van der Waals surface area contributed by atoms with Gasteiger partial charge < -0.3 is 30.2 Å². The van der Waals surface area contributed by atoms with Crippen LogP contribution in [0.15, 0.2) is 18.2 Å². The van der Waals surface area contributed by atoms with Crippen LogP contribution in [0.3, 0.4) is 0 Å². The maximum Gasteiger partial charge on any atom is 0.319 e. The second kappa shape index (κ2) is 12.3. The highest BCUT2D eigenvalue weighted by atomic mass is 32.1. The quantitative estimate of drug-likeness (QED) is 0.401. The number of benzene rings is 1. The summed E-state index contributed by atoms with van der Waals surface area (Å²) in [6, 6.07) is 4.91. The van der Waals surface area contributed by atoms with Crippen LogP contribution in [0.25, 0.3) is 0 Å². The van der Waals surface area contributed by atoms with Crippen LogP contribution < -0.4 is 30.6 Å². The van der Waals surface area contributed by atoms with Crippen LogP contribution >= 0.6 is 11.5 Å². The average Bonchev–Trinajstić information content (AvgIpc) is 3.47.